The normalized spacial score (nSPS) is 18.5. The van der Waals surface area contributed by atoms with E-state index in [1.54, 1.807) is 0 Å². The zero-order valence-electron chi connectivity index (χ0n) is 13.3. The zero-order chi connectivity index (χ0) is 16.1. The van der Waals surface area contributed by atoms with E-state index in [0.29, 0.717) is 19.3 Å². The van der Waals surface area contributed by atoms with Crippen LogP contribution in [0.2, 0.25) is 0 Å². The standard InChI is InChI=1S/C16H24N2O4/c1-11-14(12(2)22-17-11)7-8-15(19)18-10-4-3-5-13(18)6-9-16(20)21/h13H,3-10H2,1-2H3,(H,20,21)/t13-/m1/s1. The Bertz CT molecular complexity index is 519. The van der Waals surface area contributed by atoms with Crippen LogP contribution in [0.1, 0.15) is 55.5 Å². The van der Waals surface area contributed by atoms with Crippen molar-refractivity contribution in [3.63, 3.8) is 0 Å². The van der Waals surface area contributed by atoms with Gasteiger partial charge in [0.25, 0.3) is 0 Å². The van der Waals surface area contributed by atoms with Gasteiger partial charge in [-0.1, -0.05) is 5.16 Å². The van der Waals surface area contributed by atoms with Crippen molar-refractivity contribution in [2.24, 2.45) is 0 Å². The summed E-state index contributed by atoms with van der Waals surface area (Å²) in [6.07, 6.45) is 4.70. The van der Waals surface area contributed by atoms with Gasteiger partial charge >= 0.3 is 5.97 Å². The molecule has 1 fully saturated rings. The number of piperidine rings is 1. The van der Waals surface area contributed by atoms with E-state index in [4.69, 9.17) is 9.63 Å². The summed E-state index contributed by atoms with van der Waals surface area (Å²) in [5, 5.41) is 12.7. The first-order chi connectivity index (χ1) is 10.5. The number of carbonyl (C=O) groups excluding carboxylic acids is 1. The minimum Gasteiger partial charge on any atom is -0.481 e. The molecular weight excluding hydrogens is 284 g/mol. The molecule has 0 aliphatic carbocycles. The first-order valence-corrected chi connectivity index (χ1v) is 7.92. The lowest BCUT2D eigenvalue weighted by Gasteiger charge is -2.35. The molecule has 1 aliphatic heterocycles. The second-order valence-electron chi connectivity index (χ2n) is 5.97. The number of carboxylic acid groups (broad SMARTS) is 1. The lowest BCUT2D eigenvalue weighted by Crippen LogP contribution is -2.44. The van der Waals surface area contributed by atoms with Crippen LogP contribution in [-0.2, 0) is 16.0 Å². The Morgan fingerprint density at radius 1 is 1.32 bits per heavy atom. The van der Waals surface area contributed by atoms with E-state index in [-0.39, 0.29) is 18.4 Å². The molecule has 1 aliphatic rings. The molecule has 2 rings (SSSR count). The molecule has 6 nitrogen and oxygen atoms in total. The van der Waals surface area contributed by atoms with E-state index in [1.165, 1.54) is 0 Å². The number of aryl methyl sites for hydroxylation is 2. The van der Waals surface area contributed by atoms with Crippen LogP contribution in [-0.4, -0.2) is 39.6 Å². The van der Waals surface area contributed by atoms with Crippen LogP contribution < -0.4 is 0 Å². The lowest BCUT2D eigenvalue weighted by atomic mass is 9.97. The molecule has 1 aromatic heterocycles. The summed E-state index contributed by atoms with van der Waals surface area (Å²) in [5.74, 6) is 0.0788. The molecule has 122 valence electrons. The summed E-state index contributed by atoms with van der Waals surface area (Å²) in [7, 11) is 0. The van der Waals surface area contributed by atoms with Gasteiger partial charge in [-0.25, -0.2) is 0 Å². The number of aliphatic carboxylic acids is 1. The molecule has 0 unspecified atom stereocenters. The SMILES string of the molecule is Cc1noc(C)c1CCC(=O)N1CCCC[C@@H]1CCC(=O)O. The average molecular weight is 308 g/mol. The van der Waals surface area contributed by atoms with Crippen molar-refractivity contribution in [3.8, 4) is 0 Å². The molecule has 6 heteroatoms. The van der Waals surface area contributed by atoms with Gasteiger partial charge in [-0.2, -0.15) is 0 Å². The van der Waals surface area contributed by atoms with E-state index in [2.05, 4.69) is 5.16 Å². The minimum absolute atomic E-state index is 0.0713. The van der Waals surface area contributed by atoms with Crippen molar-refractivity contribution in [3.05, 3.63) is 17.0 Å². The second kappa shape index (κ2) is 7.42. The summed E-state index contributed by atoms with van der Waals surface area (Å²) in [6, 6.07) is 0.0713. The third-order valence-corrected chi connectivity index (χ3v) is 4.41. The molecule has 1 saturated heterocycles. The van der Waals surface area contributed by atoms with Gasteiger partial charge in [0.05, 0.1) is 5.69 Å². The molecular formula is C16H24N2O4. The number of nitrogens with zero attached hydrogens (tertiary/aromatic N) is 2. The van der Waals surface area contributed by atoms with Gasteiger partial charge in [-0.15, -0.1) is 0 Å². The highest BCUT2D eigenvalue weighted by molar-refractivity contribution is 5.77. The Labute approximate surface area is 130 Å². The molecule has 1 aromatic rings. The largest absolute Gasteiger partial charge is 0.481 e. The van der Waals surface area contributed by atoms with E-state index in [0.717, 1.165) is 42.8 Å². The number of aromatic nitrogens is 1. The molecule has 0 saturated carbocycles. The van der Waals surface area contributed by atoms with Crippen LogP contribution in [0.25, 0.3) is 0 Å². The zero-order valence-corrected chi connectivity index (χ0v) is 13.3. The van der Waals surface area contributed by atoms with Crippen molar-refractivity contribution >= 4 is 11.9 Å². The summed E-state index contributed by atoms with van der Waals surface area (Å²) in [5.41, 5.74) is 1.85. The van der Waals surface area contributed by atoms with Crippen molar-refractivity contribution in [2.75, 3.05) is 6.54 Å². The van der Waals surface area contributed by atoms with Crippen LogP contribution in [0.15, 0.2) is 4.52 Å². The fourth-order valence-corrected chi connectivity index (χ4v) is 3.15. The Balaban J connectivity index is 1.92. The number of rotatable bonds is 6. The molecule has 0 radical (unpaired) electrons. The molecule has 1 amide bonds. The molecule has 0 spiro atoms. The second-order valence-corrected chi connectivity index (χ2v) is 5.97. The van der Waals surface area contributed by atoms with Gasteiger partial charge in [-0.3, -0.25) is 9.59 Å². The molecule has 0 bridgehead atoms. The van der Waals surface area contributed by atoms with Gasteiger partial charge < -0.3 is 14.5 Å². The van der Waals surface area contributed by atoms with E-state index in [1.807, 2.05) is 18.7 Å². The topological polar surface area (TPSA) is 83.6 Å². The van der Waals surface area contributed by atoms with E-state index >= 15 is 0 Å². The van der Waals surface area contributed by atoms with Crippen LogP contribution in [0.3, 0.4) is 0 Å². The Hall–Kier alpha value is -1.85. The van der Waals surface area contributed by atoms with Gasteiger partial charge in [0.1, 0.15) is 5.76 Å². The van der Waals surface area contributed by atoms with Crippen LogP contribution in [0.4, 0.5) is 0 Å². The summed E-state index contributed by atoms with van der Waals surface area (Å²) in [4.78, 5) is 25.1. The Morgan fingerprint density at radius 2 is 2.09 bits per heavy atom. The molecule has 1 N–H and O–H groups in total. The first-order valence-electron chi connectivity index (χ1n) is 7.92. The van der Waals surface area contributed by atoms with Crippen LogP contribution in [0.5, 0.6) is 0 Å². The summed E-state index contributed by atoms with van der Waals surface area (Å²) in [6.45, 7) is 4.48. The average Bonchev–Trinajstić information content (AvgIpc) is 2.82. The van der Waals surface area contributed by atoms with Gasteiger partial charge in [0.2, 0.25) is 5.91 Å². The van der Waals surface area contributed by atoms with Crippen LogP contribution >= 0.6 is 0 Å². The fourth-order valence-electron chi connectivity index (χ4n) is 3.15. The number of carboxylic acids is 1. The van der Waals surface area contributed by atoms with Crippen molar-refractivity contribution in [1.29, 1.82) is 0 Å². The maximum atomic E-state index is 12.5. The Kier molecular flexibility index (Phi) is 5.57. The highest BCUT2D eigenvalue weighted by Gasteiger charge is 2.27. The first kappa shape index (κ1) is 16.5. The monoisotopic (exact) mass is 308 g/mol. The molecule has 22 heavy (non-hydrogen) atoms. The van der Waals surface area contributed by atoms with Crippen LogP contribution in [0, 0.1) is 13.8 Å². The Morgan fingerprint density at radius 3 is 2.73 bits per heavy atom. The highest BCUT2D eigenvalue weighted by Crippen LogP contribution is 2.23. The minimum atomic E-state index is -0.798. The number of amides is 1. The van der Waals surface area contributed by atoms with E-state index in [9.17, 15) is 9.59 Å². The summed E-state index contributed by atoms with van der Waals surface area (Å²) >= 11 is 0. The van der Waals surface area contributed by atoms with Gasteiger partial charge in [-0.05, 0) is 46.0 Å². The summed E-state index contributed by atoms with van der Waals surface area (Å²) < 4.78 is 5.12. The quantitative estimate of drug-likeness (QED) is 0.872. The third-order valence-electron chi connectivity index (χ3n) is 4.41. The molecule has 2 heterocycles. The predicted octanol–water partition coefficient (Wildman–Crippen LogP) is 2.47. The molecule has 1 atom stereocenters. The molecule has 0 aromatic carbocycles. The van der Waals surface area contributed by atoms with Crippen molar-refractivity contribution in [2.45, 2.75) is 64.8 Å². The maximum Gasteiger partial charge on any atom is 0.303 e. The maximum absolute atomic E-state index is 12.5. The number of carbonyl (C=O) groups is 2. The third kappa shape index (κ3) is 4.08. The smallest absolute Gasteiger partial charge is 0.303 e. The number of hydrogen-bond donors (Lipinski definition) is 1. The predicted molar refractivity (Wildman–Crippen MR) is 80.5 cm³/mol. The number of likely N-dealkylation sites (tertiary alicyclic amines) is 1. The lowest BCUT2D eigenvalue weighted by molar-refractivity contribution is -0.140. The van der Waals surface area contributed by atoms with E-state index < -0.39 is 5.97 Å². The highest BCUT2D eigenvalue weighted by atomic mass is 16.5. The van der Waals surface area contributed by atoms with Crippen molar-refractivity contribution < 1.29 is 19.2 Å². The fraction of sp³-hybridized carbons (Fsp3) is 0.688. The van der Waals surface area contributed by atoms with Gasteiger partial charge in [0, 0.05) is 31.0 Å². The van der Waals surface area contributed by atoms with Gasteiger partial charge in [0.15, 0.2) is 0 Å². The number of hydrogen-bond acceptors (Lipinski definition) is 4. The van der Waals surface area contributed by atoms with Crippen molar-refractivity contribution in [1.82, 2.24) is 10.1 Å².